The fourth-order valence-electron chi connectivity index (χ4n) is 2.39. The topological polar surface area (TPSA) is 38.3 Å². The van der Waals surface area contributed by atoms with Crippen molar-refractivity contribution in [1.82, 2.24) is 5.32 Å². The zero-order valence-corrected chi connectivity index (χ0v) is 12.9. The Labute approximate surface area is 127 Å². The Hall–Kier alpha value is -0.940. The van der Waals surface area contributed by atoms with Crippen LogP contribution in [-0.2, 0) is 4.74 Å². The van der Waals surface area contributed by atoms with E-state index in [0.29, 0.717) is 23.7 Å². The molecular weight excluding hydrogens is 325 g/mol. The van der Waals surface area contributed by atoms with Crippen LogP contribution in [0.5, 0.6) is 0 Å². The number of benzene rings is 1. The molecule has 110 valence electrons. The van der Waals surface area contributed by atoms with E-state index in [0.717, 1.165) is 12.8 Å². The number of halogens is 2. The van der Waals surface area contributed by atoms with E-state index in [1.54, 1.807) is 6.07 Å². The molecule has 1 aromatic carbocycles. The summed E-state index contributed by atoms with van der Waals surface area (Å²) in [5.74, 6) is -0.921. The summed E-state index contributed by atoms with van der Waals surface area (Å²) in [6.07, 6.45) is 6.27. The molecule has 1 N–H and O–H groups in total. The van der Waals surface area contributed by atoms with Gasteiger partial charge < -0.3 is 10.1 Å². The van der Waals surface area contributed by atoms with Gasteiger partial charge in [-0.1, -0.05) is 35.2 Å². The first-order valence-corrected chi connectivity index (χ1v) is 7.81. The molecule has 1 aromatic rings. The summed E-state index contributed by atoms with van der Waals surface area (Å²) < 4.78 is 19.9. The van der Waals surface area contributed by atoms with E-state index in [4.69, 9.17) is 4.74 Å². The van der Waals surface area contributed by atoms with Crippen LogP contribution in [0.4, 0.5) is 4.39 Å². The van der Waals surface area contributed by atoms with Crippen LogP contribution in [0, 0.1) is 5.82 Å². The maximum atomic E-state index is 13.5. The Morgan fingerprint density at radius 1 is 1.35 bits per heavy atom. The lowest BCUT2D eigenvalue weighted by molar-refractivity contribution is 0.0299. The minimum Gasteiger partial charge on any atom is -0.376 e. The number of nitrogens with one attached hydrogen (secondary N) is 1. The maximum absolute atomic E-state index is 13.5. The van der Waals surface area contributed by atoms with Gasteiger partial charge >= 0.3 is 0 Å². The largest absolute Gasteiger partial charge is 0.376 e. The monoisotopic (exact) mass is 343 g/mol. The quantitative estimate of drug-likeness (QED) is 0.828. The predicted octanol–water partition coefficient (Wildman–Crippen LogP) is 3.67. The number of hydrogen-bond acceptors (Lipinski definition) is 2. The maximum Gasteiger partial charge on any atom is 0.254 e. The molecule has 1 fully saturated rings. The summed E-state index contributed by atoms with van der Waals surface area (Å²) in [5, 5.41) is 2.68. The molecule has 1 saturated carbocycles. The minimum atomic E-state index is -0.515. The lowest BCUT2D eigenvalue weighted by Crippen LogP contribution is -2.30. The smallest absolute Gasteiger partial charge is 0.254 e. The lowest BCUT2D eigenvalue weighted by atomic mass is 9.98. The van der Waals surface area contributed by atoms with Crippen molar-refractivity contribution >= 4 is 21.8 Å². The van der Waals surface area contributed by atoms with Crippen molar-refractivity contribution in [3.05, 3.63) is 34.1 Å². The molecule has 3 nitrogen and oxygen atoms in total. The Kier molecular flexibility index (Phi) is 5.98. The molecule has 0 aromatic heterocycles. The lowest BCUT2D eigenvalue weighted by Gasteiger charge is -2.22. The van der Waals surface area contributed by atoms with Crippen LogP contribution < -0.4 is 5.32 Å². The van der Waals surface area contributed by atoms with Crippen LogP contribution in [0.1, 0.15) is 42.5 Å². The highest BCUT2D eigenvalue weighted by Crippen LogP contribution is 2.20. The van der Waals surface area contributed by atoms with Crippen LogP contribution in [0.2, 0.25) is 0 Å². The second-order valence-electron chi connectivity index (χ2n) is 5.01. The summed E-state index contributed by atoms with van der Waals surface area (Å²) in [6.45, 7) is 0.882. The highest BCUT2D eigenvalue weighted by Gasteiger charge is 2.14. The third-order valence-electron chi connectivity index (χ3n) is 3.47. The van der Waals surface area contributed by atoms with E-state index in [-0.39, 0.29) is 5.56 Å². The highest BCUT2D eigenvalue weighted by molar-refractivity contribution is 9.10. The fraction of sp³-hybridized carbons (Fsp3) is 0.533. The average Bonchev–Trinajstić information content (AvgIpc) is 2.47. The summed E-state index contributed by atoms with van der Waals surface area (Å²) in [6, 6.07) is 4.32. The summed E-state index contributed by atoms with van der Waals surface area (Å²) in [5.41, 5.74) is 0.0528. The van der Waals surface area contributed by atoms with Gasteiger partial charge in [-0.2, -0.15) is 0 Å². The van der Waals surface area contributed by atoms with Gasteiger partial charge in [0.05, 0.1) is 18.3 Å². The van der Waals surface area contributed by atoms with E-state index >= 15 is 0 Å². The first-order valence-electron chi connectivity index (χ1n) is 7.01. The van der Waals surface area contributed by atoms with E-state index in [9.17, 15) is 9.18 Å². The molecular formula is C15H19BrFNO2. The van der Waals surface area contributed by atoms with E-state index in [2.05, 4.69) is 21.2 Å². The van der Waals surface area contributed by atoms with Gasteiger partial charge in [0.2, 0.25) is 0 Å². The molecule has 1 aliphatic carbocycles. The fourth-order valence-corrected chi connectivity index (χ4v) is 2.75. The number of ether oxygens (including phenoxy) is 1. The second-order valence-corrected chi connectivity index (χ2v) is 5.93. The number of hydrogen-bond donors (Lipinski definition) is 1. The van der Waals surface area contributed by atoms with Crippen molar-refractivity contribution in [2.45, 2.75) is 38.2 Å². The Bertz CT molecular complexity index is 461. The Balaban J connectivity index is 1.73. The molecule has 0 atom stereocenters. The summed E-state index contributed by atoms with van der Waals surface area (Å²) in [4.78, 5) is 11.8. The van der Waals surface area contributed by atoms with Crippen molar-refractivity contribution in [2.24, 2.45) is 0 Å². The summed E-state index contributed by atoms with van der Waals surface area (Å²) >= 11 is 3.23. The SMILES string of the molecule is O=C(NCCOC1CCCCC1)c1cc(Br)ccc1F. The molecule has 0 radical (unpaired) electrons. The predicted molar refractivity (Wildman–Crippen MR) is 79.3 cm³/mol. The standard InChI is InChI=1S/C15H19BrFNO2/c16-11-6-7-14(17)13(10-11)15(19)18-8-9-20-12-4-2-1-3-5-12/h6-7,10,12H,1-5,8-9H2,(H,18,19). The van der Waals surface area contributed by atoms with Crippen molar-refractivity contribution < 1.29 is 13.9 Å². The molecule has 5 heteroatoms. The number of amides is 1. The van der Waals surface area contributed by atoms with Gasteiger partial charge in [0, 0.05) is 11.0 Å². The van der Waals surface area contributed by atoms with Gasteiger partial charge in [0.15, 0.2) is 0 Å². The minimum absolute atomic E-state index is 0.0528. The van der Waals surface area contributed by atoms with E-state index in [1.165, 1.54) is 31.4 Å². The molecule has 1 amide bonds. The van der Waals surface area contributed by atoms with E-state index in [1.807, 2.05) is 0 Å². The molecule has 2 rings (SSSR count). The van der Waals surface area contributed by atoms with Gasteiger partial charge in [-0.15, -0.1) is 0 Å². The Morgan fingerprint density at radius 2 is 2.10 bits per heavy atom. The number of carbonyl (C=O) groups excluding carboxylic acids is 1. The first-order chi connectivity index (χ1) is 9.66. The molecule has 0 bridgehead atoms. The molecule has 0 heterocycles. The third kappa shape index (κ3) is 4.56. The van der Waals surface area contributed by atoms with Gasteiger partial charge in [0.25, 0.3) is 5.91 Å². The number of carbonyl (C=O) groups is 1. The molecule has 0 spiro atoms. The van der Waals surface area contributed by atoms with Crippen LogP contribution in [0.15, 0.2) is 22.7 Å². The zero-order chi connectivity index (χ0) is 14.4. The molecule has 0 unspecified atom stereocenters. The second kappa shape index (κ2) is 7.74. The van der Waals surface area contributed by atoms with Gasteiger partial charge in [-0.25, -0.2) is 4.39 Å². The van der Waals surface area contributed by atoms with Gasteiger partial charge in [-0.3, -0.25) is 4.79 Å². The molecule has 20 heavy (non-hydrogen) atoms. The normalized spacial score (nSPS) is 16.1. The van der Waals surface area contributed by atoms with Crippen molar-refractivity contribution in [2.75, 3.05) is 13.2 Å². The van der Waals surface area contributed by atoms with Crippen LogP contribution in [0.25, 0.3) is 0 Å². The van der Waals surface area contributed by atoms with Crippen molar-refractivity contribution in [3.8, 4) is 0 Å². The third-order valence-corrected chi connectivity index (χ3v) is 3.96. The average molecular weight is 344 g/mol. The molecule has 1 aliphatic rings. The van der Waals surface area contributed by atoms with Crippen LogP contribution in [0.3, 0.4) is 0 Å². The molecule has 0 aliphatic heterocycles. The van der Waals surface area contributed by atoms with Crippen molar-refractivity contribution in [1.29, 1.82) is 0 Å². The van der Waals surface area contributed by atoms with Crippen molar-refractivity contribution in [3.63, 3.8) is 0 Å². The number of rotatable bonds is 5. The highest BCUT2D eigenvalue weighted by atomic mass is 79.9. The molecule has 0 saturated heterocycles. The summed E-state index contributed by atoms with van der Waals surface area (Å²) in [7, 11) is 0. The Morgan fingerprint density at radius 3 is 2.85 bits per heavy atom. The van der Waals surface area contributed by atoms with Crippen LogP contribution in [-0.4, -0.2) is 25.2 Å². The zero-order valence-electron chi connectivity index (χ0n) is 11.3. The van der Waals surface area contributed by atoms with Crippen LogP contribution >= 0.6 is 15.9 Å². The van der Waals surface area contributed by atoms with Gasteiger partial charge in [0.1, 0.15) is 5.82 Å². The van der Waals surface area contributed by atoms with Gasteiger partial charge in [-0.05, 0) is 31.0 Å². The first kappa shape index (κ1) is 15.4. The van der Waals surface area contributed by atoms with E-state index < -0.39 is 11.7 Å².